The fraction of sp³-hybridized carbons (Fsp3) is 0.222. The van der Waals surface area contributed by atoms with Gasteiger partial charge in [0.15, 0.2) is 18.1 Å². The Morgan fingerprint density at radius 1 is 1.00 bits per heavy atom. The van der Waals surface area contributed by atoms with Gasteiger partial charge in [-0.25, -0.2) is 4.79 Å². The molecule has 0 radical (unpaired) electrons. The summed E-state index contributed by atoms with van der Waals surface area (Å²) in [5, 5.41) is 4.71. The van der Waals surface area contributed by atoms with Crippen LogP contribution in [0.5, 0.6) is 28.7 Å². The van der Waals surface area contributed by atoms with Crippen molar-refractivity contribution in [3.63, 3.8) is 0 Å². The number of fused-ring (bicyclic) bond motifs is 1. The molecule has 3 amide bonds. The van der Waals surface area contributed by atoms with E-state index in [-0.39, 0.29) is 13.4 Å². The van der Waals surface area contributed by atoms with Crippen molar-refractivity contribution in [3.8, 4) is 28.7 Å². The molecule has 2 N–H and O–H groups in total. The van der Waals surface area contributed by atoms with Gasteiger partial charge in [0.25, 0.3) is 5.91 Å². The summed E-state index contributed by atoms with van der Waals surface area (Å²) in [7, 11) is 2.98. The number of carbonyl (C=O) groups excluding carboxylic acids is 2. The first-order valence-corrected chi connectivity index (χ1v) is 7.94. The first-order valence-electron chi connectivity index (χ1n) is 7.94. The molecule has 0 atom stereocenters. The van der Waals surface area contributed by atoms with E-state index in [0.717, 1.165) is 0 Å². The van der Waals surface area contributed by atoms with E-state index in [2.05, 4.69) is 10.6 Å². The molecule has 0 saturated heterocycles. The summed E-state index contributed by atoms with van der Waals surface area (Å²) in [6.07, 6.45) is 0. The molecule has 1 aliphatic rings. The Balaban J connectivity index is 1.51. The van der Waals surface area contributed by atoms with Gasteiger partial charge in [-0.3, -0.25) is 10.1 Å². The van der Waals surface area contributed by atoms with Gasteiger partial charge in [-0.2, -0.15) is 0 Å². The highest BCUT2D eigenvalue weighted by Crippen LogP contribution is 2.35. The summed E-state index contributed by atoms with van der Waals surface area (Å²) in [6, 6.07) is 9.09. The Bertz CT molecular complexity index is 854. The average molecular weight is 374 g/mol. The van der Waals surface area contributed by atoms with E-state index in [1.54, 1.807) is 36.4 Å². The Labute approximate surface area is 155 Å². The highest BCUT2D eigenvalue weighted by atomic mass is 16.7. The van der Waals surface area contributed by atoms with E-state index in [1.165, 1.54) is 14.2 Å². The lowest BCUT2D eigenvalue weighted by Gasteiger charge is -2.12. The van der Waals surface area contributed by atoms with Crippen molar-refractivity contribution in [3.05, 3.63) is 36.4 Å². The molecule has 2 aromatic rings. The van der Waals surface area contributed by atoms with Crippen LogP contribution in [0.1, 0.15) is 0 Å². The van der Waals surface area contributed by atoms with Crippen LogP contribution in [0.3, 0.4) is 0 Å². The molecule has 1 aliphatic heterocycles. The summed E-state index contributed by atoms with van der Waals surface area (Å²) >= 11 is 0. The Morgan fingerprint density at radius 2 is 1.78 bits per heavy atom. The minimum Gasteiger partial charge on any atom is -0.497 e. The summed E-state index contributed by atoms with van der Waals surface area (Å²) in [5.41, 5.74) is 0.389. The Morgan fingerprint density at radius 3 is 2.56 bits per heavy atom. The minimum absolute atomic E-state index is 0.147. The SMILES string of the molecule is COc1ccc(NC(=O)NC(=O)COc2ccc3c(c2)OCO3)c(OC)c1. The predicted molar refractivity (Wildman–Crippen MR) is 94.8 cm³/mol. The quantitative estimate of drug-likeness (QED) is 0.798. The van der Waals surface area contributed by atoms with Crippen molar-refractivity contribution in [1.82, 2.24) is 5.32 Å². The molecular weight excluding hydrogens is 356 g/mol. The fourth-order valence-corrected chi connectivity index (χ4v) is 2.33. The van der Waals surface area contributed by atoms with Crippen molar-refractivity contribution >= 4 is 17.6 Å². The number of hydrogen-bond acceptors (Lipinski definition) is 7. The molecule has 2 aromatic carbocycles. The largest absolute Gasteiger partial charge is 0.497 e. The third-order valence-electron chi connectivity index (χ3n) is 3.62. The van der Waals surface area contributed by atoms with Crippen LogP contribution in [0.4, 0.5) is 10.5 Å². The molecule has 9 nitrogen and oxygen atoms in total. The summed E-state index contributed by atoms with van der Waals surface area (Å²) in [5.74, 6) is 1.93. The Kier molecular flexibility index (Phi) is 5.50. The number of carbonyl (C=O) groups is 2. The molecule has 3 rings (SSSR count). The molecule has 0 saturated carbocycles. The van der Waals surface area contributed by atoms with Crippen LogP contribution in [-0.4, -0.2) is 39.6 Å². The third kappa shape index (κ3) is 4.51. The van der Waals surface area contributed by atoms with Crippen LogP contribution in [0.15, 0.2) is 36.4 Å². The molecule has 0 unspecified atom stereocenters. The van der Waals surface area contributed by atoms with Crippen LogP contribution in [-0.2, 0) is 4.79 Å². The number of amides is 3. The van der Waals surface area contributed by atoms with Gasteiger partial charge < -0.3 is 29.0 Å². The van der Waals surface area contributed by atoms with E-state index in [9.17, 15) is 9.59 Å². The second-order valence-corrected chi connectivity index (χ2v) is 5.37. The van der Waals surface area contributed by atoms with E-state index < -0.39 is 11.9 Å². The molecule has 0 bridgehead atoms. The normalized spacial score (nSPS) is 11.5. The van der Waals surface area contributed by atoms with E-state index in [1.807, 2.05) is 0 Å². The summed E-state index contributed by atoms with van der Waals surface area (Å²) in [4.78, 5) is 23.9. The zero-order valence-corrected chi connectivity index (χ0v) is 14.7. The zero-order chi connectivity index (χ0) is 19.2. The number of urea groups is 1. The zero-order valence-electron chi connectivity index (χ0n) is 14.7. The van der Waals surface area contributed by atoms with Gasteiger partial charge in [0.2, 0.25) is 6.79 Å². The molecule has 9 heteroatoms. The molecule has 0 spiro atoms. The van der Waals surface area contributed by atoms with Gasteiger partial charge in [0.1, 0.15) is 17.2 Å². The minimum atomic E-state index is -0.710. The number of imide groups is 1. The molecular formula is C18H18N2O7. The highest BCUT2D eigenvalue weighted by molar-refractivity contribution is 6.02. The summed E-state index contributed by atoms with van der Waals surface area (Å²) < 4.78 is 26.0. The smallest absolute Gasteiger partial charge is 0.326 e. The standard InChI is InChI=1S/C18H18N2O7/c1-23-11-3-5-13(15(7-11)24-2)19-18(22)20-17(21)9-25-12-4-6-14-16(8-12)27-10-26-14/h3-8H,9-10H2,1-2H3,(H2,19,20,21,22). The van der Waals surface area contributed by atoms with E-state index in [0.29, 0.717) is 34.4 Å². The number of ether oxygens (including phenoxy) is 5. The van der Waals surface area contributed by atoms with Crippen molar-refractivity contribution in [2.45, 2.75) is 0 Å². The molecule has 1 heterocycles. The van der Waals surface area contributed by atoms with Gasteiger partial charge in [0.05, 0.1) is 19.9 Å². The van der Waals surface area contributed by atoms with Crippen LogP contribution in [0, 0.1) is 0 Å². The average Bonchev–Trinajstić information content (AvgIpc) is 3.14. The molecule has 0 fully saturated rings. The first-order chi connectivity index (χ1) is 13.1. The number of nitrogens with one attached hydrogen (secondary N) is 2. The van der Waals surface area contributed by atoms with Crippen LogP contribution < -0.4 is 34.3 Å². The van der Waals surface area contributed by atoms with Gasteiger partial charge in [-0.05, 0) is 24.3 Å². The monoisotopic (exact) mass is 374 g/mol. The second kappa shape index (κ2) is 8.17. The third-order valence-corrected chi connectivity index (χ3v) is 3.62. The van der Waals surface area contributed by atoms with Gasteiger partial charge >= 0.3 is 6.03 Å². The van der Waals surface area contributed by atoms with Crippen LogP contribution >= 0.6 is 0 Å². The number of hydrogen-bond donors (Lipinski definition) is 2. The van der Waals surface area contributed by atoms with E-state index >= 15 is 0 Å². The van der Waals surface area contributed by atoms with Gasteiger partial charge in [0, 0.05) is 12.1 Å². The maximum atomic E-state index is 12.0. The maximum Gasteiger partial charge on any atom is 0.326 e. The van der Waals surface area contributed by atoms with Crippen molar-refractivity contribution in [2.24, 2.45) is 0 Å². The number of rotatable bonds is 6. The number of anilines is 1. The van der Waals surface area contributed by atoms with Crippen molar-refractivity contribution in [1.29, 1.82) is 0 Å². The predicted octanol–water partition coefficient (Wildman–Crippen LogP) is 2.16. The lowest BCUT2D eigenvalue weighted by Crippen LogP contribution is -2.37. The highest BCUT2D eigenvalue weighted by Gasteiger charge is 2.15. The fourth-order valence-electron chi connectivity index (χ4n) is 2.33. The lowest BCUT2D eigenvalue weighted by atomic mass is 10.2. The van der Waals surface area contributed by atoms with Gasteiger partial charge in [-0.15, -0.1) is 0 Å². The second-order valence-electron chi connectivity index (χ2n) is 5.37. The number of benzene rings is 2. The van der Waals surface area contributed by atoms with E-state index in [4.69, 9.17) is 23.7 Å². The molecule has 142 valence electrons. The van der Waals surface area contributed by atoms with Gasteiger partial charge in [-0.1, -0.05) is 0 Å². The molecule has 0 aliphatic carbocycles. The summed E-state index contributed by atoms with van der Waals surface area (Å²) in [6.45, 7) is -0.193. The first kappa shape index (κ1) is 18.2. The molecule has 0 aromatic heterocycles. The van der Waals surface area contributed by atoms with Crippen LogP contribution in [0.2, 0.25) is 0 Å². The lowest BCUT2D eigenvalue weighted by molar-refractivity contribution is -0.121. The maximum absolute atomic E-state index is 12.0. The Hall–Kier alpha value is -3.62. The van der Waals surface area contributed by atoms with Crippen LogP contribution in [0.25, 0.3) is 0 Å². The number of methoxy groups -OCH3 is 2. The van der Waals surface area contributed by atoms with Crippen molar-refractivity contribution < 1.29 is 33.3 Å². The molecule has 27 heavy (non-hydrogen) atoms. The van der Waals surface area contributed by atoms with Crippen molar-refractivity contribution in [2.75, 3.05) is 32.9 Å². The topological polar surface area (TPSA) is 104 Å².